The summed E-state index contributed by atoms with van der Waals surface area (Å²) in [5.74, 6) is -0.0417. The summed E-state index contributed by atoms with van der Waals surface area (Å²) < 4.78 is 5.36. The van der Waals surface area contributed by atoms with Gasteiger partial charge in [-0.2, -0.15) is 5.26 Å². The van der Waals surface area contributed by atoms with Crippen LogP contribution in [0, 0.1) is 29.1 Å². The van der Waals surface area contributed by atoms with Gasteiger partial charge in [-0.05, 0) is 25.7 Å². The summed E-state index contributed by atoms with van der Waals surface area (Å²) in [6, 6.07) is 2.13. The first-order valence-corrected chi connectivity index (χ1v) is 5.61. The van der Waals surface area contributed by atoms with Gasteiger partial charge in [-0.25, -0.2) is 0 Å². The molecule has 0 aliphatic carbocycles. The Balaban J connectivity index is 2.61. The number of rotatable bonds is 4. The van der Waals surface area contributed by atoms with Gasteiger partial charge < -0.3 is 4.74 Å². The van der Waals surface area contributed by atoms with Crippen molar-refractivity contribution in [1.29, 1.82) is 5.26 Å². The maximum atomic E-state index is 12.0. The van der Waals surface area contributed by atoms with Crippen LogP contribution in [-0.4, -0.2) is 18.5 Å². The van der Waals surface area contributed by atoms with E-state index >= 15 is 0 Å². The minimum Gasteiger partial charge on any atom is -0.378 e. The largest absolute Gasteiger partial charge is 0.378 e. The lowest BCUT2D eigenvalue weighted by Crippen LogP contribution is -2.28. The van der Waals surface area contributed by atoms with Crippen LogP contribution in [0.3, 0.4) is 0 Å². The first kappa shape index (κ1) is 12.2. The van der Waals surface area contributed by atoms with Crippen molar-refractivity contribution in [2.24, 2.45) is 17.8 Å². The van der Waals surface area contributed by atoms with Gasteiger partial charge >= 0.3 is 0 Å². The number of carbonyl (C=O) groups is 1. The molecule has 1 saturated heterocycles. The van der Waals surface area contributed by atoms with Gasteiger partial charge in [-0.3, -0.25) is 4.79 Å². The van der Waals surface area contributed by atoms with E-state index in [0.717, 1.165) is 6.42 Å². The van der Waals surface area contributed by atoms with Crippen LogP contribution >= 0.6 is 0 Å². The predicted molar refractivity (Wildman–Crippen MR) is 57.1 cm³/mol. The molecule has 3 atom stereocenters. The van der Waals surface area contributed by atoms with Gasteiger partial charge in [0.1, 0.15) is 5.92 Å². The lowest BCUT2D eigenvalue weighted by atomic mass is 9.85. The number of nitrogens with zero attached hydrogens (tertiary/aromatic N) is 1. The van der Waals surface area contributed by atoms with Crippen molar-refractivity contribution < 1.29 is 9.53 Å². The molecule has 0 aromatic heterocycles. The van der Waals surface area contributed by atoms with E-state index in [-0.39, 0.29) is 17.8 Å². The van der Waals surface area contributed by atoms with Crippen molar-refractivity contribution in [2.75, 3.05) is 6.61 Å². The maximum Gasteiger partial charge on any atom is 0.155 e. The molecule has 84 valence electrons. The van der Waals surface area contributed by atoms with E-state index in [4.69, 9.17) is 10.00 Å². The Bertz CT molecular complexity index is 267. The minimum absolute atomic E-state index is 0.0134. The van der Waals surface area contributed by atoms with Crippen LogP contribution in [0.1, 0.15) is 33.6 Å². The second-order valence-corrected chi connectivity index (χ2v) is 4.68. The Hall–Kier alpha value is -0.880. The minimum atomic E-state index is -0.445. The number of hydrogen-bond donors (Lipinski definition) is 0. The van der Waals surface area contributed by atoms with E-state index in [1.165, 1.54) is 0 Å². The molecule has 0 bridgehead atoms. The van der Waals surface area contributed by atoms with Gasteiger partial charge in [0.05, 0.1) is 12.2 Å². The van der Waals surface area contributed by atoms with Gasteiger partial charge in [0.2, 0.25) is 0 Å². The average molecular weight is 209 g/mol. The molecule has 3 heteroatoms. The number of ether oxygens (including phenoxy) is 1. The molecule has 0 aromatic carbocycles. The van der Waals surface area contributed by atoms with E-state index in [0.29, 0.717) is 18.9 Å². The third-order valence-corrected chi connectivity index (χ3v) is 2.95. The molecule has 0 N–H and O–H groups in total. The molecule has 1 aliphatic heterocycles. The lowest BCUT2D eigenvalue weighted by Gasteiger charge is -2.17. The molecule has 0 aromatic rings. The molecule has 1 aliphatic rings. The Morgan fingerprint density at radius 2 is 2.27 bits per heavy atom. The Labute approximate surface area is 91.4 Å². The van der Waals surface area contributed by atoms with E-state index < -0.39 is 5.92 Å². The summed E-state index contributed by atoms with van der Waals surface area (Å²) in [6.07, 6.45) is 1.43. The smallest absolute Gasteiger partial charge is 0.155 e. The number of hydrogen-bond acceptors (Lipinski definition) is 3. The van der Waals surface area contributed by atoms with Crippen LogP contribution in [0.25, 0.3) is 0 Å². The highest BCUT2D eigenvalue weighted by molar-refractivity contribution is 5.86. The third kappa shape index (κ3) is 3.04. The Morgan fingerprint density at radius 1 is 1.60 bits per heavy atom. The van der Waals surface area contributed by atoms with Crippen molar-refractivity contribution in [3.05, 3.63) is 0 Å². The van der Waals surface area contributed by atoms with Gasteiger partial charge in [-0.15, -0.1) is 0 Å². The number of carbonyl (C=O) groups excluding carboxylic acids is 1. The molecule has 1 rings (SSSR count). The van der Waals surface area contributed by atoms with Gasteiger partial charge in [-0.1, -0.05) is 13.8 Å². The van der Waals surface area contributed by atoms with E-state index in [9.17, 15) is 4.79 Å². The maximum absolute atomic E-state index is 12.0. The fraction of sp³-hybridized carbons (Fsp3) is 0.833. The van der Waals surface area contributed by atoms with Crippen LogP contribution in [0.5, 0.6) is 0 Å². The molecule has 15 heavy (non-hydrogen) atoms. The Morgan fingerprint density at radius 3 is 2.67 bits per heavy atom. The quantitative estimate of drug-likeness (QED) is 0.713. The molecule has 1 heterocycles. The topological polar surface area (TPSA) is 50.1 Å². The molecule has 1 fully saturated rings. The van der Waals surface area contributed by atoms with Crippen molar-refractivity contribution in [1.82, 2.24) is 0 Å². The lowest BCUT2D eigenvalue weighted by molar-refractivity contribution is -0.126. The predicted octanol–water partition coefficient (Wildman–Crippen LogP) is 2.17. The first-order valence-electron chi connectivity index (χ1n) is 5.61. The van der Waals surface area contributed by atoms with E-state index in [2.05, 4.69) is 6.07 Å². The summed E-state index contributed by atoms with van der Waals surface area (Å²) in [4.78, 5) is 12.0. The normalized spacial score (nSPS) is 27.7. The zero-order valence-electron chi connectivity index (χ0n) is 9.69. The standard InChI is InChI=1S/C12H19NO2/c1-8(2)6-10(7-13)12(14)11-4-5-15-9(11)3/h8-11H,4-6H2,1-3H3. The second kappa shape index (κ2) is 5.27. The molecular formula is C12H19NO2. The SMILES string of the molecule is CC(C)CC(C#N)C(=O)C1CCOC1C. The first-order chi connectivity index (χ1) is 7.06. The van der Waals surface area contributed by atoms with Crippen molar-refractivity contribution in [3.63, 3.8) is 0 Å². The average Bonchev–Trinajstić information content (AvgIpc) is 2.59. The second-order valence-electron chi connectivity index (χ2n) is 4.68. The summed E-state index contributed by atoms with van der Waals surface area (Å²) >= 11 is 0. The van der Waals surface area contributed by atoms with E-state index in [1.54, 1.807) is 0 Å². The highest BCUT2D eigenvalue weighted by atomic mass is 16.5. The third-order valence-electron chi connectivity index (χ3n) is 2.95. The molecule has 3 unspecified atom stereocenters. The summed E-state index contributed by atoms with van der Waals surface area (Å²) in [5.41, 5.74) is 0. The van der Waals surface area contributed by atoms with Crippen molar-refractivity contribution in [3.8, 4) is 6.07 Å². The van der Waals surface area contributed by atoms with Gasteiger partial charge in [0, 0.05) is 12.5 Å². The highest BCUT2D eigenvalue weighted by Crippen LogP contribution is 2.26. The summed E-state index contributed by atoms with van der Waals surface area (Å²) in [6.45, 7) is 6.63. The molecule has 3 nitrogen and oxygen atoms in total. The van der Waals surface area contributed by atoms with Crippen LogP contribution < -0.4 is 0 Å². The van der Waals surface area contributed by atoms with Crippen LogP contribution in [-0.2, 0) is 9.53 Å². The number of Topliss-reactive ketones (excluding diaryl/α,β-unsaturated/α-hetero) is 1. The van der Waals surface area contributed by atoms with Crippen molar-refractivity contribution >= 4 is 5.78 Å². The van der Waals surface area contributed by atoms with Gasteiger partial charge in [0.25, 0.3) is 0 Å². The Kier molecular flexibility index (Phi) is 4.28. The van der Waals surface area contributed by atoms with Crippen LogP contribution in [0.15, 0.2) is 0 Å². The molecule has 0 radical (unpaired) electrons. The number of ketones is 1. The van der Waals surface area contributed by atoms with Crippen molar-refractivity contribution in [2.45, 2.75) is 39.7 Å². The van der Waals surface area contributed by atoms with Crippen LogP contribution in [0.2, 0.25) is 0 Å². The highest BCUT2D eigenvalue weighted by Gasteiger charge is 2.35. The summed E-state index contributed by atoms with van der Waals surface area (Å²) in [5, 5.41) is 8.98. The fourth-order valence-electron chi connectivity index (χ4n) is 2.07. The fourth-order valence-corrected chi connectivity index (χ4v) is 2.07. The van der Waals surface area contributed by atoms with E-state index in [1.807, 2.05) is 20.8 Å². The monoisotopic (exact) mass is 209 g/mol. The number of nitriles is 1. The zero-order valence-corrected chi connectivity index (χ0v) is 9.69. The summed E-state index contributed by atoms with van der Waals surface area (Å²) in [7, 11) is 0. The molecule has 0 saturated carbocycles. The van der Waals surface area contributed by atoms with Crippen LogP contribution in [0.4, 0.5) is 0 Å². The molecular weight excluding hydrogens is 190 g/mol. The zero-order chi connectivity index (χ0) is 11.4. The van der Waals surface area contributed by atoms with Gasteiger partial charge in [0.15, 0.2) is 5.78 Å². The molecule has 0 spiro atoms. The molecule has 0 amide bonds.